The maximum absolute atomic E-state index is 12.8. The SMILES string of the molecule is CC(=O)c1cccc(NC(=O)CS(=O)(=O)CC(=O)Nc2ccc(F)cc2)c1. The second-order valence-corrected chi connectivity index (χ2v) is 7.84. The lowest BCUT2D eigenvalue weighted by atomic mass is 10.1. The number of benzene rings is 2. The van der Waals surface area contributed by atoms with Gasteiger partial charge in [0.15, 0.2) is 15.6 Å². The van der Waals surface area contributed by atoms with Crippen molar-refractivity contribution < 1.29 is 27.2 Å². The minimum absolute atomic E-state index is 0.198. The molecule has 2 aromatic rings. The maximum Gasteiger partial charge on any atom is 0.239 e. The molecule has 0 radical (unpaired) electrons. The molecule has 27 heavy (non-hydrogen) atoms. The van der Waals surface area contributed by atoms with E-state index in [2.05, 4.69) is 10.6 Å². The molecule has 0 saturated heterocycles. The molecule has 0 bridgehead atoms. The Morgan fingerprint density at radius 2 is 1.44 bits per heavy atom. The molecule has 0 aliphatic heterocycles. The summed E-state index contributed by atoms with van der Waals surface area (Å²) in [6.45, 7) is 1.37. The number of nitrogens with one attached hydrogen (secondary N) is 2. The van der Waals surface area contributed by atoms with Crippen LogP contribution in [0.2, 0.25) is 0 Å². The van der Waals surface area contributed by atoms with E-state index in [0.29, 0.717) is 5.56 Å². The lowest BCUT2D eigenvalue weighted by molar-refractivity contribution is -0.114. The van der Waals surface area contributed by atoms with Gasteiger partial charge in [-0.1, -0.05) is 12.1 Å². The normalized spacial score (nSPS) is 10.9. The summed E-state index contributed by atoms with van der Waals surface area (Å²) in [4.78, 5) is 35.1. The van der Waals surface area contributed by atoms with E-state index < -0.39 is 39.0 Å². The quantitative estimate of drug-likeness (QED) is 0.701. The summed E-state index contributed by atoms with van der Waals surface area (Å²) < 4.78 is 36.9. The van der Waals surface area contributed by atoms with Gasteiger partial charge in [0.25, 0.3) is 0 Å². The van der Waals surface area contributed by atoms with E-state index in [4.69, 9.17) is 0 Å². The largest absolute Gasteiger partial charge is 0.325 e. The van der Waals surface area contributed by atoms with Gasteiger partial charge in [-0.3, -0.25) is 14.4 Å². The number of sulfone groups is 1. The second kappa shape index (κ2) is 8.54. The fourth-order valence-corrected chi connectivity index (χ4v) is 3.24. The molecule has 2 aromatic carbocycles. The highest BCUT2D eigenvalue weighted by atomic mass is 32.2. The summed E-state index contributed by atoms with van der Waals surface area (Å²) in [5.41, 5.74) is 0.884. The Kier molecular flexibility index (Phi) is 6.40. The van der Waals surface area contributed by atoms with E-state index in [1.54, 1.807) is 12.1 Å². The molecule has 2 amide bonds. The molecule has 0 saturated carbocycles. The standard InChI is InChI=1S/C18H17FN2O5S/c1-12(22)13-3-2-4-16(9-13)21-18(24)11-27(25,26)10-17(23)20-15-7-5-14(19)6-8-15/h2-9H,10-11H2,1H3,(H,20,23)(H,21,24). The van der Waals surface area contributed by atoms with E-state index in [-0.39, 0.29) is 17.2 Å². The third-order valence-corrected chi connectivity index (χ3v) is 4.79. The topological polar surface area (TPSA) is 109 Å². The number of amides is 2. The van der Waals surface area contributed by atoms with Gasteiger partial charge in [-0.25, -0.2) is 12.8 Å². The Labute approximate surface area is 155 Å². The first kappa shape index (κ1) is 20.2. The summed E-state index contributed by atoms with van der Waals surface area (Å²) in [5, 5.41) is 4.69. The van der Waals surface area contributed by atoms with Gasteiger partial charge in [-0.2, -0.15) is 0 Å². The smallest absolute Gasteiger partial charge is 0.239 e. The molecule has 0 unspecified atom stereocenters. The first-order valence-electron chi connectivity index (χ1n) is 7.81. The highest BCUT2D eigenvalue weighted by Crippen LogP contribution is 2.12. The first-order chi connectivity index (χ1) is 12.6. The summed E-state index contributed by atoms with van der Waals surface area (Å²) >= 11 is 0. The molecule has 7 nitrogen and oxygen atoms in total. The summed E-state index contributed by atoms with van der Waals surface area (Å²) in [5.74, 6) is -4.15. The lowest BCUT2D eigenvalue weighted by Crippen LogP contribution is -2.30. The molecule has 0 aromatic heterocycles. The van der Waals surface area contributed by atoms with E-state index >= 15 is 0 Å². The van der Waals surface area contributed by atoms with Crippen LogP contribution in [-0.4, -0.2) is 37.5 Å². The molecule has 9 heteroatoms. The lowest BCUT2D eigenvalue weighted by Gasteiger charge is -2.08. The molecule has 0 aliphatic carbocycles. The van der Waals surface area contributed by atoms with Crippen LogP contribution in [0, 0.1) is 5.82 Å². The summed E-state index contributed by atoms with van der Waals surface area (Å²) in [7, 11) is -4.02. The van der Waals surface area contributed by atoms with Gasteiger partial charge in [0, 0.05) is 16.9 Å². The highest BCUT2D eigenvalue weighted by Gasteiger charge is 2.21. The molecule has 0 atom stereocenters. The van der Waals surface area contributed by atoms with Crippen molar-refractivity contribution in [2.24, 2.45) is 0 Å². The Hall–Kier alpha value is -3.07. The van der Waals surface area contributed by atoms with Crippen LogP contribution in [-0.2, 0) is 19.4 Å². The number of carbonyl (C=O) groups is 3. The predicted octanol–water partition coefficient (Wildman–Crippen LogP) is 2.02. The van der Waals surface area contributed by atoms with Gasteiger partial charge in [0.05, 0.1) is 0 Å². The zero-order chi connectivity index (χ0) is 20.0. The molecular formula is C18H17FN2O5S. The average Bonchev–Trinajstić information content (AvgIpc) is 2.55. The Morgan fingerprint density at radius 1 is 0.889 bits per heavy atom. The van der Waals surface area contributed by atoms with Gasteiger partial charge in [0.1, 0.15) is 17.3 Å². The van der Waals surface area contributed by atoms with Crippen molar-refractivity contribution in [3.8, 4) is 0 Å². The van der Waals surface area contributed by atoms with Crippen molar-refractivity contribution >= 4 is 38.8 Å². The zero-order valence-corrected chi connectivity index (χ0v) is 15.2. The Bertz CT molecular complexity index is 972. The van der Waals surface area contributed by atoms with Gasteiger partial charge in [-0.15, -0.1) is 0 Å². The van der Waals surface area contributed by atoms with E-state index in [1.165, 1.54) is 31.2 Å². The van der Waals surface area contributed by atoms with E-state index in [9.17, 15) is 27.2 Å². The molecule has 2 rings (SSSR count). The van der Waals surface area contributed by atoms with E-state index in [0.717, 1.165) is 12.1 Å². The van der Waals surface area contributed by atoms with Crippen molar-refractivity contribution in [2.45, 2.75) is 6.92 Å². The van der Waals surface area contributed by atoms with Gasteiger partial charge in [0.2, 0.25) is 11.8 Å². The Balaban J connectivity index is 1.93. The predicted molar refractivity (Wildman–Crippen MR) is 98.8 cm³/mol. The van der Waals surface area contributed by atoms with Crippen LogP contribution in [0.3, 0.4) is 0 Å². The second-order valence-electron chi connectivity index (χ2n) is 5.77. The number of rotatable bonds is 7. The average molecular weight is 392 g/mol. The Morgan fingerprint density at radius 3 is 2.00 bits per heavy atom. The molecule has 0 spiro atoms. The van der Waals surface area contributed by atoms with Crippen molar-refractivity contribution in [3.63, 3.8) is 0 Å². The molecule has 142 valence electrons. The van der Waals surface area contributed by atoms with Crippen molar-refractivity contribution in [1.82, 2.24) is 0 Å². The van der Waals surface area contributed by atoms with Crippen LogP contribution in [0.4, 0.5) is 15.8 Å². The van der Waals surface area contributed by atoms with Crippen LogP contribution in [0.25, 0.3) is 0 Å². The van der Waals surface area contributed by atoms with Gasteiger partial charge >= 0.3 is 0 Å². The minimum atomic E-state index is -4.02. The van der Waals surface area contributed by atoms with Crippen LogP contribution < -0.4 is 10.6 Å². The number of carbonyl (C=O) groups excluding carboxylic acids is 3. The van der Waals surface area contributed by atoms with Gasteiger partial charge in [-0.05, 0) is 43.3 Å². The third kappa shape index (κ3) is 6.63. The number of hydrogen-bond donors (Lipinski definition) is 2. The van der Waals surface area contributed by atoms with Crippen LogP contribution in [0.15, 0.2) is 48.5 Å². The number of halogens is 1. The van der Waals surface area contributed by atoms with Gasteiger partial charge < -0.3 is 10.6 Å². The van der Waals surface area contributed by atoms with Crippen LogP contribution >= 0.6 is 0 Å². The minimum Gasteiger partial charge on any atom is -0.325 e. The molecular weight excluding hydrogens is 375 g/mol. The first-order valence-corrected chi connectivity index (χ1v) is 9.63. The highest BCUT2D eigenvalue weighted by molar-refractivity contribution is 7.92. The summed E-state index contributed by atoms with van der Waals surface area (Å²) in [6, 6.07) is 10.9. The van der Waals surface area contributed by atoms with Crippen LogP contribution in [0.1, 0.15) is 17.3 Å². The molecule has 0 fully saturated rings. The third-order valence-electron chi connectivity index (χ3n) is 3.38. The fraction of sp³-hybridized carbons (Fsp3) is 0.167. The molecule has 0 heterocycles. The monoisotopic (exact) mass is 392 g/mol. The van der Waals surface area contributed by atoms with Crippen molar-refractivity contribution in [1.29, 1.82) is 0 Å². The van der Waals surface area contributed by atoms with Crippen LogP contribution in [0.5, 0.6) is 0 Å². The summed E-state index contributed by atoms with van der Waals surface area (Å²) in [6.07, 6.45) is 0. The van der Waals surface area contributed by atoms with E-state index in [1.807, 2.05) is 0 Å². The molecule has 0 aliphatic rings. The number of anilines is 2. The zero-order valence-electron chi connectivity index (χ0n) is 14.4. The molecule has 2 N–H and O–H groups in total. The maximum atomic E-state index is 12.8. The number of Topliss-reactive ketones (excluding diaryl/α,β-unsaturated/α-hetero) is 1. The van der Waals surface area contributed by atoms with Crippen molar-refractivity contribution in [2.75, 3.05) is 22.1 Å². The number of hydrogen-bond acceptors (Lipinski definition) is 5. The number of ketones is 1. The fourth-order valence-electron chi connectivity index (χ4n) is 2.19. The van der Waals surface area contributed by atoms with Crippen molar-refractivity contribution in [3.05, 3.63) is 59.9 Å².